The third-order valence-corrected chi connectivity index (χ3v) is 4.15. The van der Waals surface area contributed by atoms with E-state index < -0.39 is 0 Å². The molecule has 0 aliphatic rings. The van der Waals surface area contributed by atoms with Gasteiger partial charge in [0.25, 0.3) is 0 Å². The molecule has 0 unspecified atom stereocenters. The van der Waals surface area contributed by atoms with Gasteiger partial charge in [0.2, 0.25) is 0 Å². The molecule has 3 rings (SSSR count). The zero-order valence-corrected chi connectivity index (χ0v) is 22.7. The first kappa shape index (κ1) is 41.9. The molecule has 0 amide bonds. The van der Waals surface area contributed by atoms with Crippen LogP contribution in [0.25, 0.3) is 5.41 Å². The van der Waals surface area contributed by atoms with Crippen LogP contribution in [0.5, 0.6) is 5.75 Å². The fourth-order valence-corrected chi connectivity index (χ4v) is 2.53. The number of halogens is 2. The number of rotatable bonds is 7. The van der Waals surface area contributed by atoms with Gasteiger partial charge in [0, 0.05) is 16.9 Å². The van der Waals surface area contributed by atoms with Gasteiger partial charge in [-0.05, 0) is 12.1 Å². The third-order valence-electron chi connectivity index (χ3n) is 3.92. The van der Waals surface area contributed by atoms with Gasteiger partial charge in [-0.15, -0.1) is 37.1 Å². The van der Waals surface area contributed by atoms with Gasteiger partial charge >= 0.3 is 56.6 Å². The summed E-state index contributed by atoms with van der Waals surface area (Å²) in [6, 6.07) is 25.4. The normalized spacial score (nSPS) is 8.61. The van der Waals surface area contributed by atoms with Crippen molar-refractivity contribution in [2.75, 3.05) is 0 Å². The molecule has 3 aromatic carbocycles. The molecule has 36 heavy (non-hydrogen) atoms. The van der Waals surface area contributed by atoms with Gasteiger partial charge in [0.05, 0.1) is 0 Å². The van der Waals surface area contributed by atoms with Crippen molar-refractivity contribution in [1.29, 1.82) is 0 Å². The Labute approximate surface area is 258 Å². The smallest absolute Gasteiger partial charge is 0.855 e. The summed E-state index contributed by atoms with van der Waals surface area (Å²) in [6.07, 6.45) is 1.31. The summed E-state index contributed by atoms with van der Waals surface area (Å²) in [5.41, 5.74) is 2.06. The third kappa shape index (κ3) is 16.5. The van der Waals surface area contributed by atoms with Crippen molar-refractivity contribution >= 4 is 29.7 Å². The van der Waals surface area contributed by atoms with E-state index in [2.05, 4.69) is 31.0 Å². The molecule has 0 saturated heterocycles. The predicted molar refractivity (Wildman–Crippen MR) is 139 cm³/mol. The molecular weight excluding hydrogens is 456 g/mol. The van der Waals surface area contributed by atoms with Gasteiger partial charge in [0.1, 0.15) is 0 Å². The summed E-state index contributed by atoms with van der Waals surface area (Å²) < 4.78 is 15.9. The molecule has 0 atom stereocenters. The van der Waals surface area contributed by atoms with Gasteiger partial charge in [0.15, 0.2) is 0 Å². The second kappa shape index (κ2) is 25.5. The van der Waals surface area contributed by atoms with Crippen LogP contribution in [0.15, 0.2) is 71.7 Å². The number of ether oxygens (including phenoxy) is 1. The van der Waals surface area contributed by atoms with Crippen molar-refractivity contribution in [3.63, 3.8) is 0 Å². The second-order valence-electron chi connectivity index (χ2n) is 6.21. The van der Waals surface area contributed by atoms with E-state index in [9.17, 15) is 9.80 Å². The van der Waals surface area contributed by atoms with E-state index in [1.54, 1.807) is 54.6 Å². The van der Waals surface area contributed by atoms with E-state index in [-0.39, 0.29) is 75.8 Å². The number of para-hydroxylation sites is 1. The maximum absolute atomic E-state index is 10.2. The van der Waals surface area contributed by atoms with E-state index in [1.807, 2.05) is 12.1 Å². The Morgan fingerprint density at radius 1 is 1.11 bits per heavy atom. The largest absolute Gasteiger partial charge is 1.00 e. The molecule has 178 valence electrons. The first-order valence-electron chi connectivity index (χ1n) is 9.83. The van der Waals surface area contributed by atoms with Crippen molar-refractivity contribution in [2.24, 2.45) is 4.99 Å². The van der Waals surface area contributed by atoms with Crippen LogP contribution in [-0.4, -0.2) is 18.5 Å². The molecule has 0 aliphatic heterocycles. The number of hydrogen-bond acceptors (Lipinski definition) is 2. The summed E-state index contributed by atoms with van der Waals surface area (Å²) in [6.45, 7) is 14.4. The van der Waals surface area contributed by atoms with Gasteiger partial charge in [-0.2, -0.15) is 44.1 Å². The Hall–Kier alpha value is -1.19. The Morgan fingerprint density at radius 3 is 2.17 bits per heavy atom. The molecule has 0 saturated carbocycles. The van der Waals surface area contributed by atoms with E-state index in [1.165, 1.54) is 6.92 Å². The summed E-state index contributed by atoms with van der Waals surface area (Å²) in [4.78, 5) is 3.42. The van der Waals surface area contributed by atoms with Crippen LogP contribution < -0.4 is 61.3 Å². The number of nitrogens with zero attached hydrogens (tertiary/aromatic N) is 2. The molecule has 0 heterocycles. The topological polar surface area (TPSA) is 43.9 Å². The number of benzene rings is 3. The van der Waals surface area contributed by atoms with Crippen LogP contribution in [0.1, 0.15) is 30.9 Å². The van der Waals surface area contributed by atoms with Crippen LogP contribution in [0.3, 0.4) is 0 Å². The monoisotopic (exact) mass is 483 g/mol. The van der Waals surface area contributed by atoms with E-state index in [0.717, 1.165) is 0 Å². The quantitative estimate of drug-likeness (QED) is 0.243. The Bertz CT molecular complexity index is 941. The fraction of sp³-hybridized carbons (Fsp3) is 0.143. The molecule has 0 aromatic heterocycles. The molecule has 0 aliphatic carbocycles. The van der Waals surface area contributed by atoms with Crippen molar-refractivity contribution in [3.05, 3.63) is 128 Å². The minimum absolute atomic E-state index is 0. The summed E-state index contributed by atoms with van der Waals surface area (Å²) in [5, 5.41) is 10.8. The van der Waals surface area contributed by atoms with Crippen LogP contribution in [-0.2, 0) is 0 Å². The van der Waals surface area contributed by atoms with Gasteiger partial charge in [-0.3, -0.25) is 6.07 Å². The summed E-state index contributed by atoms with van der Waals surface area (Å²) in [5.74, 6) is 0.690. The molecule has 0 spiro atoms. The van der Waals surface area contributed by atoms with Crippen molar-refractivity contribution in [2.45, 2.75) is 25.9 Å². The van der Waals surface area contributed by atoms with Gasteiger partial charge in [-0.1, -0.05) is 29.3 Å². The van der Waals surface area contributed by atoms with E-state index in [4.69, 9.17) is 23.1 Å². The van der Waals surface area contributed by atoms with Crippen LogP contribution in [0.2, 0.25) is 5.02 Å². The molecule has 3 aromatic rings. The Morgan fingerprint density at radius 2 is 1.75 bits per heavy atom. The maximum atomic E-state index is 10.2. The molecule has 0 bridgehead atoms. The molecular formula is C28H28ClFLi3N2O-5. The fourth-order valence-electron chi connectivity index (χ4n) is 2.34. The van der Waals surface area contributed by atoms with E-state index in [0.29, 0.717) is 47.1 Å². The minimum atomic E-state index is -0.00486. The van der Waals surface area contributed by atoms with Crippen LogP contribution in [0, 0.1) is 40.1 Å². The molecule has 8 heteroatoms. The predicted octanol–water partition coefficient (Wildman–Crippen LogP) is -0.961. The average molecular weight is 484 g/mol. The zero-order chi connectivity index (χ0) is 23.8. The summed E-state index contributed by atoms with van der Waals surface area (Å²) in [7, 11) is 0. The molecule has 0 fully saturated rings. The second-order valence-corrected chi connectivity index (χ2v) is 6.65. The minimum Gasteiger partial charge on any atom is -0.855 e. The molecule has 0 radical (unpaired) electrons. The first-order chi connectivity index (χ1) is 15.5. The maximum Gasteiger partial charge on any atom is 1.00 e. The molecule has 0 N–H and O–H groups in total. The average Bonchev–Trinajstić information content (AvgIpc) is 2.84. The number of hydrogen-bond donors (Lipinski definition) is 0. The molecule has 3 nitrogen and oxygen atoms in total. The summed E-state index contributed by atoms with van der Waals surface area (Å²) >= 11 is 5.92. The van der Waals surface area contributed by atoms with E-state index >= 15 is 0 Å². The Kier molecular flexibility index (Phi) is 29.6. The van der Waals surface area contributed by atoms with Crippen molar-refractivity contribution < 1.29 is 65.7 Å². The van der Waals surface area contributed by atoms with Crippen LogP contribution in [0.4, 0.5) is 10.1 Å². The first-order valence-corrected chi connectivity index (χ1v) is 10.2. The zero-order valence-electron chi connectivity index (χ0n) is 22.0. The van der Waals surface area contributed by atoms with Crippen molar-refractivity contribution in [1.82, 2.24) is 0 Å². The standard InChI is InChI=1S/C18H16ClNO.C7H5N.C2H4F.CH3.3Li/c1-3-16(4-2)21-17-10-8-13(9-11-17)18(20)14-6-5-7-15(19)12-14;1-8-7-5-3-2-4-6-7;1-2-3;;;;/h5-8,10-12,16H,1-4H2;1-5H;2H,1H3;1H3;;;/q-4;-2;2*-1;3*+1. The SMILES string of the molecule is C[CH-]F.[CH-]=Nc1[c-]cccc1.[CH2-]CC(C[CH2-])Oc1c[c-]c(C(=[N-])c2cccc(Cl)c2)cc1.[CH3-].[Li+].[Li+].[Li+]. The van der Waals surface area contributed by atoms with Gasteiger partial charge < -0.3 is 40.8 Å². The van der Waals surface area contributed by atoms with Gasteiger partial charge in [-0.25, -0.2) is 17.5 Å². The Balaban J connectivity index is -0.000000290. The van der Waals surface area contributed by atoms with Crippen molar-refractivity contribution in [3.8, 4) is 5.75 Å². The number of aliphatic imine (C=N–C) groups is 1. The van der Waals surface area contributed by atoms with Crippen LogP contribution >= 0.6 is 11.6 Å².